The number of rotatable bonds is 8. The van der Waals surface area contributed by atoms with Gasteiger partial charge < -0.3 is 9.80 Å². The molecule has 1 amide bonds. The van der Waals surface area contributed by atoms with Gasteiger partial charge in [-0.1, -0.05) is 25.1 Å². The van der Waals surface area contributed by atoms with Crippen molar-refractivity contribution < 1.29 is 13.2 Å². The highest BCUT2D eigenvalue weighted by Crippen LogP contribution is 2.33. The van der Waals surface area contributed by atoms with E-state index in [1.54, 1.807) is 30.3 Å². The van der Waals surface area contributed by atoms with Gasteiger partial charge in [0.1, 0.15) is 16.3 Å². The molecule has 1 aliphatic rings. The van der Waals surface area contributed by atoms with E-state index in [-0.39, 0.29) is 35.8 Å². The SMILES string of the molecule is CCCN(C(=O)Cn1cnc2sc(C)c(S(=O)(=O)N3CCN(c4ncccn4)CC3)c2c1=O)c1ccccc1C. The Morgan fingerprint density at radius 1 is 1.02 bits per heavy atom. The Morgan fingerprint density at radius 2 is 1.73 bits per heavy atom. The zero-order valence-corrected chi connectivity index (χ0v) is 24.3. The summed E-state index contributed by atoms with van der Waals surface area (Å²) < 4.78 is 30.3. The van der Waals surface area contributed by atoms with Gasteiger partial charge in [0.05, 0.1) is 11.7 Å². The van der Waals surface area contributed by atoms with Crippen molar-refractivity contribution in [3.63, 3.8) is 0 Å². The van der Waals surface area contributed by atoms with Crippen LogP contribution in [0.25, 0.3) is 10.2 Å². The van der Waals surface area contributed by atoms with Crippen molar-refractivity contribution >= 4 is 49.1 Å². The molecule has 0 unspecified atom stereocenters. The van der Waals surface area contributed by atoms with E-state index >= 15 is 0 Å². The third-order valence-corrected chi connectivity index (χ3v) is 10.1. The van der Waals surface area contributed by atoms with E-state index in [2.05, 4.69) is 15.0 Å². The number of anilines is 2. The zero-order valence-electron chi connectivity index (χ0n) is 22.6. The van der Waals surface area contributed by atoms with Gasteiger partial charge in [0.15, 0.2) is 0 Å². The van der Waals surface area contributed by atoms with Gasteiger partial charge in [-0.15, -0.1) is 11.3 Å². The molecule has 4 aromatic rings. The lowest BCUT2D eigenvalue weighted by Gasteiger charge is -2.33. The molecule has 1 fully saturated rings. The fraction of sp³-hybridized carbons (Fsp3) is 0.370. The van der Waals surface area contributed by atoms with Crippen LogP contribution in [0.15, 0.2) is 58.7 Å². The molecule has 210 valence electrons. The van der Waals surface area contributed by atoms with Crippen LogP contribution in [0.3, 0.4) is 0 Å². The minimum absolute atomic E-state index is 0.0273. The second-order valence-corrected chi connectivity index (χ2v) is 12.7. The number of hydrogen-bond donors (Lipinski definition) is 0. The first kappa shape index (κ1) is 27.9. The van der Waals surface area contributed by atoms with E-state index in [0.717, 1.165) is 17.7 Å². The highest BCUT2D eigenvalue weighted by atomic mass is 32.2. The Kier molecular flexibility index (Phi) is 7.97. The molecular formula is C27H31N7O4S2. The number of carbonyl (C=O) groups excluding carboxylic acids is 1. The first-order valence-corrected chi connectivity index (χ1v) is 15.3. The Labute approximate surface area is 236 Å². The predicted molar refractivity (Wildman–Crippen MR) is 155 cm³/mol. The molecule has 0 spiro atoms. The van der Waals surface area contributed by atoms with Crippen LogP contribution >= 0.6 is 11.3 Å². The second-order valence-electron chi connectivity index (χ2n) is 9.62. The summed E-state index contributed by atoms with van der Waals surface area (Å²) in [5.41, 5.74) is 1.19. The molecule has 13 heteroatoms. The summed E-state index contributed by atoms with van der Waals surface area (Å²) in [4.78, 5) is 44.4. The summed E-state index contributed by atoms with van der Waals surface area (Å²) in [5, 5.41) is 0.0320. The molecule has 40 heavy (non-hydrogen) atoms. The van der Waals surface area contributed by atoms with Gasteiger partial charge in [-0.2, -0.15) is 4.31 Å². The highest BCUT2D eigenvalue weighted by Gasteiger charge is 2.34. The monoisotopic (exact) mass is 581 g/mol. The summed E-state index contributed by atoms with van der Waals surface area (Å²) in [6, 6.07) is 9.32. The molecule has 4 heterocycles. The summed E-state index contributed by atoms with van der Waals surface area (Å²) >= 11 is 1.17. The quantitative estimate of drug-likeness (QED) is 0.311. The molecule has 0 saturated carbocycles. The van der Waals surface area contributed by atoms with Crippen LogP contribution in [0.4, 0.5) is 11.6 Å². The van der Waals surface area contributed by atoms with E-state index in [0.29, 0.717) is 35.3 Å². The van der Waals surface area contributed by atoms with Crippen LogP contribution in [0.5, 0.6) is 0 Å². The smallest absolute Gasteiger partial charge is 0.263 e. The average molecular weight is 582 g/mol. The molecule has 5 rings (SSSR count). The third-order valence-electron chi connectivity index (χ3n) is 6.93. The van der Waals surface area contributed by atoms with Crippen LogP contribution in [-0.4, -0.2) is 70.9 Å². The van der Waals surface area contributed by atoms with Gasteiger partial charge >= 0.3 is 0 Å². The zero-order chi connectivity index (χ0) is 28.4. The predicted octanol–water partition coefficient (Wildman–Crippen LogP) is 2.82. The van der Waals surface area contributed by atoms with Crippen molar-refractivity contribution in [2.45, 2.75) is 38.6 Å². The number of piperazine rings is 1. The number of para-hydroxylation sites is 1. The van der Waals surface area contributed by atoms with Crippen LogP contribution in [0, 0.1) is 13.8 Å². The number of sulfonamides is 1. The molecule has 0 N–H and O–H groups in total. The van der Waals surface area contributed by atoms with Crippen molar-refractivity contribution in [2.75, 3.05) is 42.5 Å². The minimum atomic E-state index is -4.00. The van der Waals surface area contributed by atoms with Gasteiger partial charge in [-0.05, 0) is 38.0 Å². The minimum Gasteiger partial charge on any atom is -0.338 e. The average Bonchev–Trinajstić information content (AvgIpc) is 3.31. The number of aryl methyl sites for hydroxylation is 2. The lowest BCUT2D eigenvalue weighted by atomic mass is 10.1. The topological polar surface area (TPSA) is 122 Å². The molecule has 1 saturated heterocycles. The maximum atomic E-state index is 13.9. The van der Waals surface area contributed by atoms with Gasteiger partial charge in [-0.3, -0.25) is 14.2 Å². The van der Waals surface area contributed by atoms with Crippen LogP contribution in [-0.2, 0) is 21.4 Å². The lowest BCUT2D eigenvalue weighted by molar-refractivity contribution is -0.119. The van der Waals surface area contributed by atoms with Crippen molar-refractivity contribution in [2.24, 2.45) is 0 Å². The van der Waals surface area contributed by atoms with E-state index in [9.17, 15) is 18.0 Å². The summed E-state index contributed by atoms with van der Waals surface area (Å²) in [7, 11) is -4.00. The van der Waals surface area contributed by atoms with E-state index in [4.69, 9.17) is 0 Å². The summed E-state index contributed by atoms with van der Waals surface area (Å²) in [6.07, 6.45) is 5.37. The number of benzene rings is 1. The molecule has 0 radical (unpaired) electrons. The molecule has 0 aliphatic carbocycles. The Balaban J connectivity index is 1.44. The fourth-order valence-corrected chi connectivity index (χ4v) is 8.04. The Hall–Kier alpha value is -3.68. The highest BCUT2D eigenvalue weighted by molar-refractivity contribution is 7.89. The number of carbonyl (C=O) groups is 1. The largest absolute Gasteiger partial charge is 0.338 e. The standard InChI is InChI=1S/C27H31N7O4S2/c1-4-12-34(21-9-6-5-8-19(21)2)22(35)17-32-18-30-25-23(26(32)36)24(20(3)39-25)40(37,38)33-15-13-31(14-16-33)27-28-10-7-11-29-27/h5-11,18H,4,12-17H2,1-3H3. The molecule has 1 aromatic carbocycles. The molecule has 3 aromatic heterocycles. The summed E-state index contributed by atoms with van der Waals surface area (Å²) in [5.74, 6) is 0.284. The van der Waals surface area contributed by atoms with E-state index in [1.165, 1.54) is 26.5 Å². The molecule has 0 atom stereocenters. The number of fused-ring (bicyclic) bond motifs is 1. The third kappa shape index (κ3) is 5.23. The normalized spacial score (nSPS) is 14.5. The number of amides is 1. The second kappa shape index (κ2) is 11.4. The molecule has 11 nitrogen and oxygen atoms in total. The number of aromatic nitrogens is 4. The molecular weight excluding hydrogens is 550 g/mol. The number of thiophene rings is 1. The van der Waals surface area contributed by atoms with Crippen LogP contribution in [0.2, 0.25) is 0 Å². The maximum absolute atomic E-state index is 13.9. The molecule has 0 bridgehead atoms. The fourth-order valence-electron chi connectivity index (χ4n) is 4.95. The maximum Gasteiger partial charge on any atom is 0.263 e. The van der Waals surface area contributed by atoms with Crippen molar-refractivity contribution in [1.82, 2.24) is 23.8 Å². The first-order valence-electron chi connectivity index (χ1n) is 13.1. The number of nitrogens with zero attached hydrogens (tertiary/aromatic N) is 7. The van der Waals surface area contributed by atoms with Crippen LogP contribution in [0.1, 0.15) is 23.8 Å². The van der Waals surface area contributed by atoms with E-state index in [1.807, 2.05) is 43.0 Å². The van der Waals surface area contributed by atoms with Crippen molar-refractivity contribution in [3.05, 3.63) is 69.8 Å². The number of hydrogen-bond acceptors (Lipinski definition) is 9. The van der Waals surface area contributed by atoms with Gasteiger partial charge in [0.25, 0.3) is 5.56 Å². The first-order chi connectivity index (χ1) is 19.2. The van der Waals surface area contributed by atoms with Crippen LogP contribution < -0.4 is 15.4 Å². The summed E-state index contributed by atoms with van der Waals surface area (Å²) in [6.45, 7) is 7.15. The van der Waals surface area contributed by atoms with Gasteiger partial charge in [-0.25, -0.2) is 23.4 Å². The Bertz CT molecular complexity index is 1700. The van der Waals surface area contributed by atoms with Gasteiger partial charge in [0.2, 0.25) is 21.9 Å². The Morgan fingerprint density at radius 3 is 2.40 bits per heavy atom. The van der Waals surface area contributed by atoms with E-state index < -0.39 is 15.6 Å². The van der Waals surface area contributed by atoms with Gasteiger partial charge in [0, 0.05) is 55.7 Å². The molecule has 1 aliphatic heterocycles. The van der Waals surface area contributed by atoms with Crippen molar-refractivity contribution in [3.8, 4) is 0 Å². The lowest BCUT2D eigenvalue weighted by Crippen LogP contribution is -2.49. The van der Waals surface area contributed by atoms with Crippen molar-refractivity contribution in [1.29, 1.82) is 0 Å².